The minimum Gasteiger partial charge on any atom is -0.354 e. The number of halogens is 1. The number of anilines is 1. The molecule has 0 aliphatic heterocycles. The van der Waals surface area contributed by atoms with Gasteiger partial charge in [0.25, 0.3) is 10.0 Å². The molecule has 0 bridgehead atoms. The highest BCUT2D eigenvalue weighted by Gasteiger charge is 2.35. The Morgan fingerprint density at radius 2 is 1.48 bits per heavy atom. The van der Waals surface area contributed by atoms with Crippen molar-refractivity contribution in [1.29, 1.82) is 0 Å². The van der Waals surface area contributed by atoms with Crippen molar-refractivity contribution in [2.75, 3.05) is 17.4 Å². The number of hydrogen-bond donors (Lipinski definition) is 1. The van der Waals surface area contributed by atoms with Crippen molar-refractivity contribution >= 4 is 39.1 Å². The number of nitrogens with one attached hydrogen (secondary N) is 1. The molecular weight excluding hydrogens is 594 g/mol. The van der Waals surface area contributed by atoms with Crippen molar-refractivity contribution in [3.8, 4) is 0 Å². The van der Waals surface area contributed by atoms with Crippen molar-refractivity contribution in [3.05, 3.63) is 130 Å². The summed E-state index contributed by atoms with van der Waals surface area (Å²) in [4.78, 5) is 29.7. The van der Waals surface area contributed by atoms with Crippen LogP contribution in [0.2, 0.25) is 5.02 Å². The van der Waals surface area contributed by atoms with Gasteiger partial charge in [0.2, 0.25) is 11.8 Å². The van der Waals surface area contributed by atoms with E-state index in [1.807, 2.05) is 68.4 Å². The molecule has 1 atom stereocenters. The van der Waals surface area contributed by atoms with E-state index in [1.54, 1.807) is 43.3 Å². The Balaban J connectivity index is 1.81. The molecule has 7 nitrogen and oxygen atoms in total. The molecule has 0 spiro atoms. The normalized spacial score (nSPS) is 11.9. The zero-order valence-electron chi connectivity index (χ0n) is 25.2. The number of nitrogens with zero attached hydrogens (tertiary/aromatic N) is 2. The molecule has 4 aromatic carbocycles. The van der Waals surface area contributed by atoms with Gasteiger partial charge in [-0.25, -0.2) is 8.42 Å². The van der Waals surface area contributed by atoms with Gasteiger partial charge in [0.1, 0.15) is 12.6 Å². The molecule has 0 aromatic heterocycles. The number of sulfonamides is 1. The van der Waals surface area contributed by atoms with Crippen molar-refractivity contribution in [2.24, 2.45) is 0 Å². The fraction of sp³-hybridized carbons (Fsp3) is 0.257. The molecule has 230 valence electrons. The van der Waals surface area contributed by atoms with Crippen LogP contribution in [0, 0.1) is 13.8 Å². The molecule has 2 amide bonds. The predicted octanol–water partition coefficient (Wildman–Crippen LogP) is 6.32. The second kappa shape index (κ2) is 15.0. The largest absolute Gasteiger partial charge is 0.354 e. The summed E-state index contributed by atoms with van der Waals surface area (Å²) in [5.41, 5.74) is 3.69. The number of aryl methyl sites for hydroxylation is 2. The van der Waals surface area contributed by atoms with E-state index in [0.717, 1.165) is 27.4 Å². The first-order valence-electron chi connectivity index (χ1n) is 14.6. The van der Waals surface area contributed by atoms with E-state index in [4.69, 9.17) is 11.6 Å². The second-order valence-electron chi connectivity index (χ2n) is 10.8. The fourth-order valence-corrected chi connectivity index (χ4v) is 6.55. The summed E-state index contributed by atoms with van der Waals surface area (Å²) in [6, 6.07) is 29.3. The third-order valence-electron chi connectivity index (χ3n) is 7.34. The minimum absolute atomic E-state index is 0.0405. The van der Waals surface area contributed by atoms with Gasteiger partial charge in [-0.1, -0.05) is 103 Å². The molecule has 0 radical (unpaired) electrons. The SMILES string of the molecule is CCCNC(=O)C(Cc1ccccc1)N(Cc1ccc(C)cc1)C(=O)CN(c1cc(Cl)ccc1C)S(=O)(=O)c1ccccc1. The molecule has 0 saturated heterocycles. The molecule has 0 heterocycles. The third kappa shape index (κ3) is 8.27. The summed E-state index contributed by atoms with van der Waals surface area (Å²) >= 11 is 6.34. The zero-order chi connectivity index (χ0) is 31.7. The molecule has 4 rings (SSSR count). The Bertz CT molecular complexity index is 1660. The maximum absolute atomic E-state index is 14.5. The van der Waals surface area contributed by atoms with E-state index in [9.17, 15) is 18.0 Å². The van der Waals surface area contributed by atoms with Crippen LogP contribution >= 0.6 is 11.6 Å². The number of rotatable bonds is 13. The highest BCUT2D eigenvalue weighted by atomic mass is 35.5. The number of hydrogen-bond acceptors (Lipinski definition) is 4. The van der Waals surface area contributed by atoms with Gasteiger partial charge in [0.15, 0.2) is 0 Å². The number of benzene rings is 4. The van der Waals surface area contributed by atoms with Gasteiger partial charge in [0.05, 0.1) is 10.6 Å². The van der Waals surface area contributed by atoms with Gasteiger partial charge in [-0.3, -0.25) is 13.9 Å². The second-order valence-corrected chi connectivity index (χ2v) is 13.1. The van der Waals surface area contributed by atoms with Crippen LogP contribution in [-0.2, 0) is 32.6 Å². The third-order valence-corrected chi connectivity index (χ3v) is 9.35. The van der Waals surface area contributed by atoms with E-state index in [0.29, 0.717) is 22.8 Å². The van der Waals surface area contributed by atoms with Crippen molar-refractivity contribution < 1.29 is 18.0 Å². The van der Waals surface area contributed by atoms with Crippen LogP contribution in [-0.4, -0.2) is 44.3 Å². The number of carbonyl (C=O) groups is 2. The Kier molecular flexibility index (Phi) is 11.2. The molecule has 0 saturated carbocycles. The first kappa shape index (κ1) is 32.8. The van der Waals surface area contributed by atoms with Gasteiger partial charge in [0, 0.05) is 24.5 Å². The maximum atomic E-state index is 14.5. The van der Waals surface area contributed by atoms with E-state index in [2.05, 4.69) is 5.32 Å². The Morgan fingerprint density at radius 1 is 0.841 bits per heavy atom. The lowest BCUT2D eigenvalue weighted by Gasteiger charge is -2.34. The van der Waals surface area contributed by atoms with Crippen LogP contribution in [0.1, 0.15) is 35.6 Å². The van der Waals surface area contributed by atoms with Crippen molar-refractivity contribution in [1.82, 2.24) is 10.2 Å². The van der Waals surface area contributed by atoms with Gasteiger partial charge in [-0.05, 0) is 61.2 Å². The van der Waals surface area contributed by atoms with Crippen molar-refractivity contribution in [2.45, 2.75) is 51.1 Å². The number of carbonyl (C=O) groups excluding carboxylic acids is 2. The molecule has 44 heavy (non-hydrogen) atoms. The Hall–Kier alpha value is -4.14. The van der Waals surface area contributed by atoms with Gasteiger partial charge in [-0.15, -0.1) is 0 Å². The molecule has 0 fully saturated rings. The summed E-state index contributed by atoms with van der Waals surface area (Å²) in [5.74, 6) is -0.815. The summed E-state index contributed by atoms with van der Waals surface area (Å²) in [5, 5.41) is 3.30. The lowest BCUT2D eigenvalue weighted by Crippen LogP contribution is -2.53. The van der Waals surface area contributed by atoms with Crippen LogP contribution < -0.4 is 9.62 Å². The van der Waals surface area contributed by atoms with Crippen LogP contribution in [0.5, 0.6) is 0 Å². The molecule has 1 unspecified atom stereocenters. The fourth-order valence-electron chi connectivity index (χ4n) is 4.89. The van der Waals surface area contributed by atoms with Crippen LogP contribution in [0.25, 0.3) is 0 Å². The zero-order valence-corrected chi connectivity index (χ0v) is 26.8. The molecule has 4 aromatic rings. The lowest BCUT2D eigenvalue weighted by molar-refractivity contribution is -0.140. The molecule has 0 aliphatic rings. The molecule has 0 aliphatic carbocycles. The summed E-state index contributed by atoms with van der Waals surface area (Å²) in [6.07, 6.45) is 0.989. The van der Waals surface area contributed by atoms with Crippen LogP contribution in [0.4, 0.5) is 5.69 Å². The van der Waals surface area contributed by atoms with E-state index in [-0.39, 0.29) is 23.8 Å². The number of amides is 2. The first-order valence-corrected chi connectivity index (χ1v) is 16.4. The molecule has 9 heteroatoms. The van der Waals surface area contributed by atoms with E-state index >= 15 is 0 Å². The van der Waals surface area contributed by atoms with Gasteiger partial charge < -0.3 is 10.2 Å². The monoisotopic (exact) mass is 631 g/mol. The maximum Gasteiger partial charge on any atom is 0.264 e. The average molecular weight is 632 g/mol. The highest BCUT2D eigenvalue weighted by Crippen LogP contribution is 2.30. The van der Waals surface area contributed by atoms with E-state index < -0.39 is 28.5 Å². The lowest BCUT2D eigenvalue weighted by atomic mass is 10.0. The standard InChI is InChI=1S/C35H38ClN3O4S/c1-4-21-37-35(41)33(22-28-11-7-5-8-12-28)38(24-29-18-15-26(2)16-19-29)34(40)25-39(32-23-30(36)20-17-27(32)3)44(42,43)31-13-9-6-10-14-31/h5-20,23,33H,4,21-22,24-25H2,1-3H3,(H,37,41). The Morgan fingerprint density at radius 3 is 2.11 bits per heavy atom. The van der Waals surface area contributed by atoms with Crippen LogP contribution in [0.3, 0.4) is 0 Å². The van der Waals surface area contributed by atoms with Gasteiger partial charge in [-0.2, -0.15) is 0 Å². The minimum atomic E-state index is -4.19. The Labute approximate surface area is 265 Å². The predicted molar refractivity (Wildman–Crippen MR) is 176 cm³/mol. The van der Waals surface area contributed by atoms with Gasteiger partial charge >= 0.3 is 0 Å². The topological polar surface area (TPSA) is 86.8 Å². The van der Waals surface area contributed by atoms with E-state index in [1.165, 1.54) is 17.0 Å². The summed E-state index contributed by atoms with van der Waals surface area (Å²) in [6.45, 7) is 5.74. The average Bonchev–Trinajstić information content (AvgIpc) is 3.03. The smallest absolute Gasteiger partial charge is 0.264 e. The quantitative estimate of drug-likeness (QED) is 0.187. The molecule has 1 N–H and O–H groups in total. The summed E-state index contributed by atoms with van der Waals surface area (Å²) < 4.78 is 29.3. The molecular formula is C35H38ClN3O4S. The first-order chi connectivity index (χ1) is 21.1. The van der Waals surface area contributed by atoms with Crippen LogP contribution in [0.15, 0.2) is 108 Å². The van der Waals surface area contributed by atoms with Crippen molar-refractivity contribution in [3.63, 3.8) is 0 Å². The highest BCUT2D eigenvalue weighted by molar-refractivity contribution is 7.92. The summed E-state index contributed by atoms with van der Waals surface area (Å²) in [7, 11) is -4.19.